The number of hydrogen-bond donors (Lipinski definition) is 1. The van der Waals surface area contributed by atoms with E-state index in [2.05, 4.69) is 0 Å². The fourth-order valence-electron chi connectivity index (χ4n) is 2.84. The Bertz CT molecular complexity index is 951. The van der Waals surface area contributed by atoms with E-state index in [1.807, 2.05) is 0 Å². The van der Waals surface area contributed by atoms with E-state index in [-0.39, 0.29) is 23.9 Å². The lowest BCUT2D eigenvalue weighted by molar-refractivity contribution is -0.144. The molecule has 0 unspecified atom stereocenters. The third-order valence-electron chi connectivity index (χ3n) is 4.50. The van der Waals surface area contributed by atoms with Crippen molar-refractivity contribution in [2.45, 2.75) is 38.2 Å². The van der Waals surface area contributed by atoms with E-state index in [1.165, 1.54) is 4.31 Å². The lowest BCUT2D eigenvalue weighted by Crippen LogP contribution is -2.30. The van der Waals surface area contributed by atoms with E-state index in [0.717, 1.165) is 5.56 Å². The number of nitrogens with two attached hydrogens (primary N) is 1. The first kappa shape index (κ1) is 22.6. The first-order chi connectivity index (χ1) is 13.8. The van der Waals surface area contributed by atoms with Gasteiger partial charge in [0.2, 0.25) is 15.9 Å². The molecule has 0 radical (unpaired) electrons. The minimum absolute atomic E-state index is 0.0566. The Balaban J connectivity index is 1.89. The first-order valence-electron chi connectivity index (χ1n) is 9.41. The number of benzene rings is 2. The third kappa shape index (κ3) is 6.13. The summed E-state index contributed by atoms with van der Waals surface area (Å²) >= 11 is 0. The molecule has 2 N–H and O–H groups in total. The van der Waals surface area contributed by atoms with E-state index < -0.39 is 15.9 Å². The molecule has 0 aliphatic carbocycles. The number of ether oxygens (including phenoxy) is 1. The zero-order valence-electron chi connectivity index (χ0n) is 16.6. The molecular formula is C21H26N2O5S. The van der Waals surface area contributed by atoms with Crippen molar-refractivity contribution in [2.75, 3.05) is 13.1 Å². The summed E-state index contributed by atoms with van der Waals surface area (Å²) in [7, 11) is -3.49. The van der Waals surface area contributed by atoms with Crippen LogP contribution < -0.4 is 5.73 Å². The number of amides is 1. The second-order valence-electron chi connectivity index (χ2n) is 6.46. The molecule has 0 spiro atoms. The van der Waals surface area contributed by atoms with Gasteiger partial charge in [-0.2, -0.15) is 4.31 Å². The van der Waals surface area contributed by atoms with E-state index in [0.29, 0.717) is 30.6 Å². The van der Waals surface area contributed by atoms with Crippen molar-refractivity contribution in [3.8, 4) is 0 Å². The molecule has 0 bridgehead atoms. The predicted molar refractivity (Wildman–Crippen MR) is 110 cm³/mol. The average Bonchev–Trinajstić information content (AvgIpc) is 2.72. The van der Waals surface area contributed by atoms with Gasteiger partial charge in [0, 0.05) is 25.1 Å². The van der Waals surface area contributed by atoms with E-state index in [1.54, 1.807) is 62.4 Å². The molecule has 156 valence electrons. The van der Waals surface area contributed by atoms with Crippen LogP contribution in [0.5, 0.6) is 0 Å². The maximum absolute atomic E-state index is 12.5. The average molecular weight is 419 g/mol. The summed E-state index contributed by atoms with van der Waals surface area (Å²) in [6.07, 6.45) is 0.601. The van der Waals surface area contributed by atoms with Crippen molar-refractivity contribution in [2.24, 2.45) is 5.73 Å². The van der Waals surface area contributed by atoms with Gasteiger partial charge in [-0.1, -0.05) is 38.1 Å². The topological polar surface area (TPSA) is 107 Å². The summed E-state index contributed by atoms with van der Waals surface area (Å²) < 4.78 is 31.6. The van der Waals surface area contributed by atoms with Crippen molar-refractivity contribution < 1.29 is 22.7 Å². The van der Waals surface area contributed by atoms with E-state index in [9.17, 15) is 18.0 Å². The molecule has 2 aromatic rings. The highest BCUT2D eigenvalue weighted by molar-refractivity contribution is 7.89. The lowest BCUT2D eigenvalue weighted by atomic mass is 10.1. The van der Waals surface area contributed by atoms with Gasteiger partial charge in [-0.15, -0.1) is 0 Å². The monoisotopic (exact) mass is 418 g/mol. The first-order valence-corrected chi connectivity index (χ1v) is 10.8. The fourth-order valence-corrected chi connectivity index (χ4v) is 4.30. The van der Waals surface area contributed by atoms with Crippen LogP contribution in [0.2, 0.25) is 0 Å². The molecule has 29 heavy (non-hydrogen) atoms. The minimum atomic E-state index is -3.49. The summed E-state index contributed by atoms with van der Waals surface area (Å²) in [5, 5.41) is 0. The van der Waals surface area contributed by atoms with Gasteiger partial charge in [0.1, 0.15) is 6.61 Å². The Morgan fingerprint density at radius 1 is 1.00 bits per heavy atom. The van der Waals surface area contributed by atoms with Crippen molar-refractivity contribution in [1.29, 1.82) is 0 Å². The number of sulfonamides is 1. The standard InChI is InChI=1S/C21H26N2O5S/c1-3-23(4-2)29(26,27)19-11-8-16(9-12-19)10-13-20(24)28-15-17-6-5-7-18(14-17)21(22)25/h5-9,11-12,14H,3-4,10,13,15H2,1-2H3,(H2,22,25). The normalized spacial score (nSPS) is 11.4. The minimum Gasteiger partial charge on any atom is -0.461 e. The van der Waals surface area contributed by atoms with E-state index >= 15 is 0 Å². The maximum atomic E-state index is 12.5. The van der Waals surface area contributed by atoms with Gasteiger partial charge in [0.05, 0.1) is 4.90 Å². The highest BCUT2D eigenvalue weighted by Gasteiger charge is 2.21. The van der Waals surface area contributed by atoms with Crippen molar-refractivity contribution in [1.82, 2.24) is 4.31 Å². The van der Waals surface area contributed by atoms with Crippen LogP contribution >= 0.6 is 0 Å². The Morgan fingerprint density at radius 3 is 2.24 bits per heavy atom. The second kappa shape index (κ2) is 10.2. The highest BCUT2D eigenvalue weighted by atomic mass is 32.2. The van der Waals surface area contributed by atoms with Gasteiger partial charge < -0.3 is 10.5 Å². The number of nitrogens with zero attached hydrogens (tertiary/aromatic N) is 1. The molecule has 0 saturated carbocycles. The quantitative estimate of drug-likeness (QED) is 0.597. The van der Waals surface area contributed by atoms with Crippen LogP contribution in [0, 0.1) is 0 Å². The molecule has 0 heterocycles. The summed E-state index contributed by atoms with van der Waals surface area (Å²) in [5.74, 6) is -0.918. The Morgan fingerprint density at radius 2 is 1.66 bits per heavy atom. The number of carbonyl (C=O) groups is 2. The van der Waals surface area contributed by atoms with Crippen LogP contribution in [0.15, 0.2) is 53.4 Å². The third-order valence-corrected chi connectivity index (χ3v) is 6.56. The number of carbonyl (C=O) groups excluding carboxylic acids is 2. The van der Waals surface area contributed by atoms with Gasteiger partial charge >= 0.3 is 5.97 Å². The molecule has 0 aliphatic rings. The SMILES string of the molecule is CCN(CC)S(=O)(=O)c1ccc(CCC(=O)OCc2cccc(C(N)=O)c2)cc1. The summed E-state index contributed by atoms with van der Waals surface area (Å²) in [4.78, 5) is 23.4. The van der Waals surface area contributed by atoms with Crippen LogP contribution in [-0.4, -0.2) is 37.7 Å². The molecule has 0 saturated heterocycles. The largest absolute Gasteiger partial charge is 0.461 e. The summed E-state index contributed by atoms with van der Waals surface area (Å²) in [5.41, 5.74) is 7.12. The smallest absolute Gasteiger partial charge is 0.306 e. The van der Waals surface area contributed by atoms with Crippen molar-refractivity contribution in [3.05, 3.63) is 65.2 Å². The number of hydrogen-bond acceptors (Lipinski definition) is 5. The van der Waals surface area contributed by atoms with Crippen LogP contribution in [-0.2, 0) is 32.6 Å². The molecule has 8 heteroatoms. The van der Waals surface area contributed by atoms with Gasteiger partial charge in [-0.3, -0.25) is 9.59 Å². The number of primary amides is 1. The molecular weight excluding hydrogens is 392 g/mol. The van der Waals surface area contributed by atoms with Crippen molar-refractivity contribution in [3.63, 3.8) is 0 Å². The van der Waals surface area contributed by atoms with Crippen LogP contribution in [0.1, 0.15) is 41.8 Å². The fraction of sp³-hybridized carbons (Fsp3) is 0.333. The van der Waals surface area contributed by atoms with Crippen LogP contribution in [0.4, 0.5) is 0 Å². The molecule has 2 aromatic carbocycles. The Labute approximate surface area is 171 Å². The van der Waals surface area contributed by atoms with Gasteiger partial charge in [0.25, 0.3) is 0 Å². The number of rotatable bonds is 10. The molecule has 0 fully saturated rings. The lowest BCUT2D eigenvalue weighted by Gasteiger charge is -2.18. The molecule has 0 aromatic heterocycles. The Kier molecular flexibility index (Phi) is 7.92. The van der Waals surface area contributed by atoms with Crippen LogP contribution in [0.3, 0.4) is 0 Å². The zero-order valence-corrected chi connectivity index (χ0v) is 17.4. The molecule has 0 aliphatic heterocycles. The molecule has 2 rings (SSSR count). The summed E-state index contributed by atoms with van der Waals surface area (Å²) in [6.45, 7) is 4.47. The van der Waals surface area contributed by atoms with E-state index in [4.69, 9.17) is 10.5 Å². The molecule has 1 amide bonds. The second-order valence-corrected chi connectivity index (χ2v) is 8.40. The number of aryl methyl sites for hydroxylation is 1. The Hall–Kier alpha value is -2.71. The van der Waals surface area contributed by atoms with Gasteiger partial charge in [0.15, 0.2) is 0 Å². The zero-order chi connectivity index (χ0) is 21.4. The van der Waals surface area contributed by atoms with Crippen molar-refractivity contribution >= 4 is 21.9 Å². The van der Waals surface area contributed by atoms with Gasteiger partial charge in [-0.05, 0) is 41.8 Å². The predicted octanol–water partition coefficient (Wildman–Crippen LogP) is 2.49. The van der Waals surface area contributed by atoms with Gasteiger partial charge in [-0.25, -0.2) is 8.42 Å². The van der Waals surface area contributed by atoms with Crippen LogP contribution in [0.25, 0.3) is 0 Å². The number of esters is 1. The molecule has 0 atom stereocenters. The highest BCUT2D eigenvalue weighted by Crippen LogP contribution is 2.17. The maximum Gasteiger partial charge on any atom is 0.306 e. The molecule has 7 nitrogen and oxygen atoms in total. The summed E-state index contributed by atoms with van der Waals surface area (Å²) in [6, 6.07) is 13.1.